The molecule has 0 bridgehead atoms. The summed E-state index contributed by atoms with van der Waals surface area (Å²) in [6.45, 7) is 4.76. The number of ether oxygens (including phenoxy) is 1. The molecule has 1 atom stereocenters. The molecule has 0 radical (unpaired) electrons. The van der Waals surface area contributed by atoms with Gasteiger partial charge in [0.15, 0.2) is 0 Å². The van der Waals surface area contributed by atoms with E-state index in [-0.39, 0.29) is 16.6 Å². The number of carbonyl (C=O) groups is 2. The number of likely N-dealkylation sites (tertiary alicyclic amines) is 1. The van der Waals surface area contributed by atoms with Gasteiger partial charge in [0.25, 0.3) is 5.91 Å². The molecule has 1 fully saturated rings. The predicted octanol–water partition coefficient (Wildman–Crippen LogP) is 1.00. The van der Waals surface area contributed by atoms with Crippen LogP contribution in [0.25, 0.3) is 0 Å². The monoisotopic (exact) mass is 297 g/mol. The van der Waals surface area contributed by atoms with E-state index in [1.165, 1.54) is 0 Å². The minimum Gasteiger partial charge on any atom is -0.461 e. The molecule has 0 spiro atoms. The smallest absolute Gasteiger partial charge is 0.367 e. The molecule has 110 valence electrons. The Kier molecular flexibility index (Phi) is 5.08. The van der Waals surface area contributed by atoms with Gasteiger partial charge in [0.2, 0.25) is 5.01 Å². The van der Waals surface area contributed by atoms with Gasteiger partial charge in [0.1, 0.15) is 5.69 Å². The number of amides is 1. The molecule has 1 aliphatic rings. The van der Waals surface area contributed by atoms with E-state index < -0.39 is 5.97 Å². The zero-order valence-corrected chi connectivity index (χ0v) is 12.5. The molecule has 1 aromatic rings. The number of hydrogen-bond donors (Lipinski definition) is 1. The topological polar surface area (TPSA) is 71.5 Å². The third-order valence-electron chi connectivity index (χ3n) is 3.23. The van der Waals surface area contributed by atoms with Crippen molar-refractivity contribution in [1.82, 2.24) is 15.2 Å². The van der Waals surface area contributed by atoms with E-state index in [2.05, 4.69) is 22.2 Å². The van der Waals surface area contributed by atoms with Crippen LogP contribution in [-0.4, -0.2) is 55.0 Å². The van der Waals surface area contributed by atoms with E-state index in [4.69, 9.17) is 4.74 Å². The van der Waals surface area contributed by atoms with Crippen molar-refractivity contribution in [3.05, 3.63) is 16.1 Å². The minimum atomic E-state index is -0.478. The molecule has 0 saturated carbocycles. The lowest BCUT2D eigenvalue weighted by atomic mass is 10.1. The summed E-state index contributed by atoms with van der Waals surface area (Å²) < 4.78 is 4.85. The van der Waals surface area contributed by atoms with E-state index in [1.54, 1.807) is 12.3 Å². The quantitative estimate of drug-likeness (QED) is 0.821. The van der Waals surface area contributed by atoms with Crippen LogP contribution >= 0.6 is 11.3 Å². The average Bonchev–Trinajstić information content (AvgIpc) is 3.05. The zero-order valence-electron chi connectivity index (χ0n) is 11.7. The molecule has 0 aromatic carbocycles. The Balaban J connectivity index is 1.85. The van der Waals surface area contributed by atoms with Crippen molar-refractivity contribution in [3.8, 4) is 0 Å². The number of nitrogens with zero attached hydrogens (tertiary/aromatic N) is 2. The first-order valence-electron chi connectivity index (χ1n) is 6.69. The Hall–Kier alpha value is -1.47. The molecule has 2 heterocycles. The maximum atomic E-state index is 11.9. The molecule has 2 rings (SSSR count). The third kappa shape index (κ3) is 3.77. The standard InChI is InChI=1S/C13H19N3O3S/c1-3-19-13(18)12-15-10(8-20-12)11(17)14-6-9-4-5-16(2)7-9/h8-9H,3-7H2,1-2H3,(H,14,17). The van der Waals surface area contributed by atoms with Crippen LogP contribution in [0.15, 0.2) is 5.38 Å². The van der Waals surface area contributed by atoms with E-state index in [9.17, 15) is 9.59 Å². The van der Waals surface area contributed by atoms with Crippen LogP contribution in [0.1, 0.15) is 33.6 Å². The Bertz CT molecular complexity index is 489. The Morgan fingerprint density at radius 1 is 1.60 bits per heavy atom. The van der Waals surface area contributed by atoms with Crippen molar-refractivity contribution in [3.63, 3.8) is 0 Å². The third-order valence-corrected chi connectivity index (χ3v) is 4.05. The lowest BCUT2D eigenvalue weighted by molar-refractivity contribution is 0.0526. The largest absolute Gasteiger partial charge is 0.461 e. The molecule has 7 heteroatoms. The second-order valence-electron chi connectivity index (χ2n) is 4.89. The van der Waals surface area contributed by atoms with Crippen LogP contribution in [0.3, 0.4) is 0 Å². The minimum absolute atomic E-state index is 0.220. The highest BCUT2D eigenvalue weighted by atomic mass is 32.1. The van der Waals surface area contributed by atoms with Crippen molar-refractivity contribution >= 4 is 23.2 Å². The molecule has 20 heavy (non-hydrogen) atoms. The van der Waals surface area contributed by atoms with Gasteiger partial charge < -0.3 is 15.0 Å². The van der Waals surface area contributed by atoms with Crippen LogP contribution < -0.4 is 5.32 Å². The normalized spacial score (nSPS) is 19.0. The molecule has 6 nitrogen and oxygen atoms in total. The number of carbonyl (C=O) groups excluding carboxylic acids is 2. The first kappa shape index (κ1) is 14.9. The maximum absolute atomic E-state index is 11.9. The highest BCUT2D eigenvalue weighted by Crippen LogP contribution is 2.14. The number of nitrogens with one attached hydrogen (secondary N) is 1. The second-order valence-corrected chi connectivity index (χ2v) is 5.74. The SMILES string of the molecule is CCOC(=O)c1nc(C(=O)NCC2CCN(C)C2)cs1. The number of rotatable bonds is 5. The summed E-state index contributed by atoms with van der Waals surface area (Å²) in [5.41, 5.74) is 0.282. The fourth-order valence-electron chi connectivity index (χ4n) is 2.19. The van der Waals surface area contributed by atoms with Gasteiger partial charge in [-0.15, -0.1) is 11.3 Å². The zero-order chi connectivity index (χ0) is 14.5. The summed E-state index contributed by atoms with van der Waals surface area (Å²) in [7, 11) is 2.08. The highest BCUT2D eigenvalue weighted by molar-refractivity contribution is 7.11. The summed E-state index contributed by atoms with van der Waals surface area (Å²) in [6.07, 6.45) is 1.10. The lowest BCUT2D eigenvalue weighted by Gasteiger charge is -2.10. The van der Waals surface area contributed by atoms with Crippen molar-refractivity contribution in [1.29, 1.82) is 0 Å². The molecule has 1 aliphatic heterocycles. The number of aromatic nitrogens is 1. The van der Waals surface area contributed by atoms with Gasteiger partial charge >= 0.3 is 5.97 Å². The lowest BCUT2D eigenvalue weighted by Crippen LogP contribution is -2.30. The number of hydrogen-bond acceptors (Lipinski definition) is 6. The summed E-state index contributed by atoms with van der Waals surface area (Å²) in [5, 5.41) is 4.68. The van der Waals surface area contributed by atoms with E-state index in [1.807, 2.05) is 0 Å². The van der Waals surface area contributed by atoms with Crippen molar-refractivity contribution in [2.45, 2.75) is 13.3 Å². The molecule has 1 amide bonds. The first-order chi connectivity index (χ1) is 9.60. The van der Waals surface area contributed by atoms with Gasteiger partial charge in [0, 0.05) is 18.5 Å². The number of esters is 1. The van der Waals surface area contributed by atoms with Crippen molar-refractivity contribution < 1.29 is 14.3 Å². The molecule has 1 saturated heterocycles. The van der Waals surface area contributed by atoms with Gasteiger partial charge in [-0.1, -0.05) is 0 Å². The van der Waals surface area contributed by atoms with Gasteiger partial charge in [-0.25, -0.2) is 9.78 Å². The molecular formula is C13H19N3O3S. The molecular weight excluding hydrogens is 278 g/mol. The van der Waals surface area contributed by atoms with Crippen LogP contribution in [0.4, 0.5) is 0 Å². The van der Waals surface area contributed by atoms with E-state index in [0.717, 1.165) is 30.8 Å². The van der Waals surface area contributed by atoms with Crippen molar-refractivity contribution in [2.24, 2.45) is 5.92 Å². The van der Waals surface area contributed by atoms with E-state index in [0.29, 0.717) is 19.1 Å². The van der Waals surface area contributed by atoms with Gasteiger partial charge in [-0.05, 0) is 32.9 Å². The van der Waals surface area contributed by atoms with Crippen LogP contribution in [0, 0.1) is 5.92 Å². The average molecular weight is 297 g/mol. The Labute approximate surface area is 122 Å². The van der Waals surface area contributed by atoms with Gasteiger partial charge in [-0.2, -0.15) is 0 Å². The summed E-state index contributed by atoms with van der Waals surface area (Å²) >= 11 is 1.13. The van der Waals surface area contributed by atoms with Crippen LogP contribution in [0.5, 0.6) is 0 Å². The summed E-state index contributed by atoms with van der Waals surface area (Å²) in [4.78, 5) is 29.7. The number of thiazole rings is 1. The Morgan fingerprint density at radius 3 is 3.05 bits per heavy atom. The summed E-state index contributed by atoms with van der Waals surface area (Å²) in [6, 6.07) is 0. The maximum Gasteiger partial charge on any atom is 0.367 e. The highest BCUT2D eigenvalue weighted by Gasteiger charge is 2.21. The summed E-state index contributed by atoms with van der Waals surface area (Å²) in [5.74, 6) is -0.215. The van der Waals surface area contributed by atoms with Crippen LogP contribution in [0.2, 0.25) is 0 Å². The molecule has 0 aliphatic carbocycles. The first-order valence-corrected chi connectivity index (χ1v) is 7.57. The van der Waals surface area contributed by atoms with Crippen molar-refractivity contribution in [2.75, 3.05) is 33.3 Å². The fraction of sp³-hybridized carbons (Fsp3) is 0.615. The molecule has 1 aromatic heterocycles. The molecule has 1 unspecified atom stereocenters. The van der Waals surface area contributed by atoms with Gasteiger partial charge in [-0.3, -0.25) is 4.79 Å². The molecule has 1 N–H and O–H groups in total. The Morgan fingerprint density at radius 2 is 2.40 bits per heavy atom. The second kappa shape index (κ2) is 6.81. The van der Waals surface area contributed by atoms with Gasteiger partial charge in [0.05, 0.1) is 6.61 Å². The van der Waals surface area contributed by atoms with E-state index >= 15 is 0 Å². The van der Waals surface area contributed by atoms with Crippen LogP contribution in [-0.2, 0) is 4.74 Å². The fourth-order valence-corrected chi connectivity index (χ4v) is 2.87. The predicted molar refractivity (Wildman–Crippen MR) is 76.0 cm³/mol.